The maximum Gasteiger partial charge on any atom is 0.216 e. The number of hydrogen-bond donors (Lipinski definition) is 1. The van der Waals surface area contributed by atoms with E-state index in [4.69, 9.17) is 9.84 Å². The molecule has 0 unspecified atom stereocenters. The van der Waals surface area contributed by atoms with Crippen LogP contribution in [0.2, 0.25) is 0 Å². The fourth-order valence-electron chi connectivity index (χ4n) is 0.973. The van der Waals surface area contributed by atoms with E-state index in [-0.39, 0.29) is 5.88 Å². The third-order valence-corrected chi connectivity index (χ3v) is 1.97. The van der Waals surface area contributed by atoms with E-state index in [9.17, 15) is 4.39 Å². The van der Waals surface area contributed by atoms with E-state index in [1.807, 2.05) is 0 Å². The van der Waals surface area contributed by atoms with Crippen molar-refractivity contribution < 1.29 is 14.2 Å². The fraction of sp³-hybridized carbons (Fsp3) is 0.444. The molecule has 1 aromatic heterocycles. The predicted molar refractivity (Wildman–Crippen MR) is 44.1 cm³/mol. The van der Waals surface area contributed by atoms with Crippen LogP contribution in [0.4, 0.5) is 4.39 Å². The molecule has 1 saturated carbocycles. The average Bonchev–Trinajstić information content (AvgIpc) is 2.91. The molecule has 70 valence electrons. The molecule has 1 aliphatic carbocycles. The van der Waals surface area contributed by atoms with Crippen LogP contribution >= 0.6 is 0 Å². The monoisotopic (exact) mass is 183 g/mol. The zero-order valence-corrected chi connectivity index (χ0v) is 7.03. The minimum atomic E-state index is -0.694. The van der Waals surface area contributed by atoms with Gasteiger partial charge in [-0.15, -0.1) is 0 Å². The molecule has 0 aliphatic heterocycles. The van der Waals surface area contributed by atoms with Gasteiger partial charge in [0, 0.05) is 6.07 Å². The first-order chi connectivity index (χ1) is 6.25. The summed E-state index contributed by atoms with van der Waals surface area (Å²) in [7, 11) is 0. The molecule has 1 aliphatic rings. The summed E-state index contributed by atoms with van der Waals surface area (Å²) < 4.78 is 18.0. The van der Waals surface area contributed by atoms with E-state index in [2.05, 4.69) is 4.98 Å². The van der Waals surface area contributed by atoms with Gasteiger partial charge < -0.3 is 9.84 Å². The Bertz CT molecular complexity index is 312. The second-order valence-corrected chi connectivity index (χ2v) is 3.23. The van der Waals surface area contributed by atoms with Crippen LogP contribution in [0.3, 0.4) is 0 Å². The highest BCUT2D eigenvalue weighted by Crippen LogP contribution is 2.29. The Labute approximate surface area is 75.2 Å². The van der Waals surface area contributed by atoms with Crippen LogP contribution in [0.1, 0.15) is 12.8 Å². The van der Waals surface area contributed by atoms with Gasteiger partial charge in [-0.25, -0.2) is 9.37 Å². The first-order valence-corrected chi connectivity index (χ1v) is 4.23. The molecule has 13 heavy (non-hydrogen) atoms. The van der Waals surface area contributed by atoms with E-state index >= 15 is 0 Å². The molecule has 1 N–H and O–H groups in total. The lowest BCUT2D eigenvalue weighted by atomic mass is 10.4. The lowest BCUT2D eigenvalue weighted by molar-refractivity contribution is 0.285. The third-order valence-electron chi connectivity index (χ3n) is 1.97. The minimum absolute atomic E-state index is 0.238. The minimum Gasteiger partial charge on any atom is -0.504 e. The molecule has 0 spiro atoms. The summed E-state index contributed by atoms with van der Waals surface area (Å²) in [5, 5.41) is 8.84. The maximum atomic E-state index is 12.7. The number of pyridine rings is 1. The van der Waals surface area contributed by atoms with E-state index in [1.54, 1.807) is 0 Å². The van der Waals surface area contributed by atoms with Crippen molar-refractivity contribution in [2.24, 2.45) is 5.92 Å². The number of aromatic hydroxyl groups is 1. The fourth-order valence-corrected chi connectivity index (χ4v) is 0.973. The van der Waals surface area contributed by atoms with E-state index < -0.39 is 11.6 Å². The van der Waals surface area contributed by atoms with Crippen LogP contribution in [0.15, 0.2) is 12.3 Å². The summed E-state index contributed by atoms with van der Waals surface area (Å²) in [5.41, 5.74) is 0. The van der Waals surface area contributed by atoms with Crippen LogP contribution < -0.4 is 4.74 Å². The highest BCUT2D eigenvalue weighted by Gasteiger charge is 2.22. The predicted octanol–water partition coefficient (Wildman–Crippen LogP) is 1.72. The van der Waals surface area contributed by atoms with Gasteiger partial charge in [0.2, 0.25) is 5.88 Å². The van der Waals surface area contributed by atoms with Gasteiger partial charge in [-0.3, -0.25) is 0 Å². The summed E-state index contributed by atoms with van der Waals surface area (Å²) in [5.74, 6) is -0.291. The van der Waals surface area contributed by atoms with Gasteiger partial charge in [0.25, 0.3) is 0 Å². The number of ether oxygens (including phenoxy) is 1. The first kappa shape index (κ1) is 8.29. The van der Waals surface area contributed by atoms with E-state index in [1.165, 1.54) is 12.8 Å². The third kappa shape index (κ3) is 2.08. The highest BCUT2D eigenvalue weighted by atomic mass is 19.1. The van der Waals surface area contributed by atoms with Crippen molar-refractivity contribution in [3.63, 3.8) is 0 Å². The first-order valence-electron chi connectivity index (χ1n) is 4.23. The van der Waals surface area contributed by atoms with Crippen molar-refractivity contribution in [2.75, 3.05) is 6.61 Å². The van der Waals surface area contributed by atoms with Crippen molar-refractivity contribution in [2.45, 2.75) is 12.8 Å². The molecule has 2 rings (SSSR count). The van der Waals surface area contributed by atoms with Crippen molar-refractivity contribution in [1.82, 2.24) is 4.98 Å². The highest BCUT2D eigenvalue weighted by molar-refractivity contribution is 5.23. The standard InChI is InChI=1S/C9H10FNO2/c10-7-3-9(11-4-8(7)12)13-5-6-1-2-6/h3-4,6,12H,1-2,5H2. The molecule has 1 aromatic rings. The van der Waals surface area contributed by atoms with Gasteiger partial charge in [0.05, 0.1) is 12.8 Å². The normalized spacial score (nSPS) is 15.8. The molecule has 0 bridgehead atoms. The van der Waals surface area contributed by atoms with Crippen LogP contribution in [-0.4, -0.2) is 16.7 Å². The molecule has 0 radical (unpaired) electrons. The van der Waals surface area contributed by atoms with Crippen LogP contribution in [0.5, 0.6) is 11.6 Å². The lowest BCUT2D eigenvalue weighted by Gasteiger charge is -2.03. The quantitative estimate of drug-likeness (QED) is 0.775. The summed E-state index contributed by atoms with van der Waals surface area (Å²) in [6.45, 7) is 0.594. The van der Waals surface area contributed by atoms with Gasteiger partial charge >= 0.3 is 0 Å². The number of halogens is 1. The lowest BCUT2D eigenvalue weighted by Crippen LogP contribution is -2.00. The van der Waals surface area contributed by atoms with Gasteiger partial charge in [0.1, 0.15) is 0 Å². The Morgan fingerprint density at radius 3 is 3.00 bits per heavy atom. The van der Waals surface area contributed by atoms with Crippen molar-refractivity contribution in [3.8, 4) is 11.6 Å². The molecule has 0 atom stereocenters. The van der Waals surface area contributed by atoms with Crippen molar-refractivity contribution >= 4 is 0 Å². The van der Waals surface area contributed by atoms with Crippen LogP contribution in [0, 0.1) is 11.7 Å². The van der Waals surface area contributed by atoms with Gasteiger partial charge in [-0.1, -0.05) is 0 Å². The molecule has 1 heterocycles. The Hall–Kier alpha value is -1.32. The van der Waals surface area contributed by atoms with Crippen molar-refractivity contribution in [1.29, 1.82) is 0 Å². The van der Waals surface area contributed by atoms with Crippen LogP contribution in [-0.2, 0) is 0 Å². The Morgan fingerprint density at radius 2 is 2.38 bits per heavy atom. The molecular formula is C9H10FNO2. The second kappa shape index (κ2) is 3.20. The zero-order valence-electron chi connectivity index (χ0n) is 7.03. The average molecular weight is 183 g/mol. The van der Waals surface area contributed by atoms with Gasteiger partial charge in [-0.2, -0.15) is 0 Å². The summed E-state index contributed by atoms with van der Waals surface area (Å²) in [6, 6.07) is 1.09. The summed E-state index contributed by atoms with van der Waals surface area (Å²) in [6.07, 6.45) is 3.42. The molecule has 4 heteroatoms. The molecule has 0 amide bonds. The Balaban J connectivity index is 1.98. The Kier molecular flexibility index (Phi) is 2.04. The largest absolute Gasteiger partial charge is 0.504 e. The number of aromatic nitrogens is 1. The molecule has 3 nitrogen and oxygen atoms in total. The molecule has 0 aromatic carbocycles. The topological polar surface area (TPSA) is 42.4 Å². The summed E-state index contributed by atoms with van der Waals surface area (Å²) in [4.78, 5) is 3.73. The molecule has 0 saturated heterocycles. The zero-order chi connectivity index (χ0) is 9.26. The molecular weight excluding hydrogens is 173 g/mol. The van der Waals surface area contributed by atoms with Gasteiger partial charge in [-0.05, 0) is 18.8 Å². The SMILES string of the molecule is Oc1cnc(OCC2CC2)cc1F. The smallest absolute Gasteiger partial charge is 0.216 e. The van der Waals surface area contributed by atoms with Gasteiger partial charge in [0.15, 0.2) is 11.6 Å². The maximum absolute atomic E-state index is 12.7. The molecule has 1 fully saturated rings. The van der Waals surface area contributed by atoms with E-state index in [0.717, 1.165) is 12.3 Å². The summed E-state index contributed by atoms with van der Waals surface area (Å²) >= 11 is 0. The number of rotatable bonds is 3. The van der Waals surface area contributed by atoms with E-state index in [0.29, 0.717) is 12.5 Å². The van der Waals surface area contributed by atoms with Crippen molar-refractivity contribution in [3.05, 3.63) is 18.1 Å². The number of nitrogens with zero attached hydrogens (tertiary/aromatic N) is 1. The second-order valence-electron chi connectivity index (χ2n) is 3.23. The van der Waals surface area contributed by atoms with Crippen LogP contribution in [0.25, 0.3) is 0 Å². The Morgan fingerprint density at radius 1 is 1.62 bits per heavy atom. The number of hydrogen-bond acceptors (Lipinski definition) is 3.